The Hall–Kier alpha value is -3.44. The van der Waals surface area contributed by atoms with Gasteiger partial charge in [0.25, 0.3) is 5.91 Å². The lowest BCUT2D eigenvalue weighted by molar-refractivity contribution is 0.0725. The van der Waals surface area contributed by atoms with Crippen molar-refractivity contribution in [2.45, 2.75) is 12.0 Å². The van der Waals surface area contributed by atoms with Crippen LogP contribution in [0.15, 0.2) is 60.7 Å². The number of methoxy groups -OCH3 is 2. The summed E-state index contributed by atoms with van der Waals surface area (Å²) in [5.74, 6) is 0.940. The lowest BCUT2D eigenvalue weighted by Crippen LogP contribution is -2.38. The number of ether oxygens (including phenoxy) is 2. The summed E-state index contributed by atoms with van der Waals surface area (Å²) >= 11 is 6.65. The van der Waals surface area contributed by atoms with Crippen molar-refractivity contribution in [3.05, 3.63) is 93.6 Å². The second-order valence-corrected chi connectivity index (χ2v) is 8.60. The number of fused-ring (bicyclic) bond motifs is 7. The largest absolute Gasteiger partial charge is 0.493 e. The van der Waals surface area contributed by atoms with Crippen LogP contribution in [0.5, 0.6) is 11.5 Å². The Morgan fingerprint density at radius 2 is 1.75 bits per heavy atom. The molecule has 0 radical (unpaired) electrons. The average Bonchev–Trinajstić information content (AvgIpc) is 3.34. The van der Waals surface area contributed by atoms with E-state index >= 15 is 0 Å². The third-order valence-electron chi connectivity index (χ3n) is 6.72. The average molecular weight is 445 g/mol. The molecule has 1 N–H and O–H groups in total. The lowest BCUT2D eigenvalue weighted by Gasteiger charge is -2.36. The first-order valence-corrected chi connectivity index (χ1v) is 10.9. The minimum absolute atomic E-state index is 0.0442. The van der Waals surface area contributed by atoms with Crippen LogP contribution in [0.2, 0.25) is 5.02 Å². The second-order valence-electron chi connectivity index (χ2n) is 8.20. The molecule has 160 valence electrons. The first-order chi connectivity index (χ1) is 15.6. The highest BCUT2D eigenvalue weighted by Gasteiger charge is 2.47. The zero-order valence-electron chi connectivity index (χ0n) is 17.7. The van der Waals surface area contributed by atoms with Crippen molar-refractivity contribution in [2.75, 3.05) is 20.8 Å². The lowest BCUT2D eigenvalue weighted by atomic mass is 9.83. The highest BCUT2D eigenvalue weighted by atomic mass is 35.5. The first kappa shape index (κ1) is 19.3. The van der Waals surface area contributed by atoms with Crippen LogP contribution in [0.1, 0.15) is 44.7 Å². The number of hydrogen-bond acceptors (Lipinski definition) is 3. The van der Waals surface area contributed by atoms with Gasteiger partial charge in [-0.3, -0.25) is 4.79 Å². The third-order valence-corrected chi connectivity index (χ3v) is 7.06. The summed E-state index contributed by atoms with van der Waals surface area (Å²) in [7, 11) is 3.16. The van der Waals surface area contributed by atoms with Gasteiger partial charge in [0.2, 0.25) is 0 Å². The molecule has 2 aliphatic heterocycles. The Balaban J connectivity index is 1.64. The van der Waals surface area contributed by atoms with Crippen molar-refractivity contribution in [3.8, 4) is 11.5 Å². The topological polar surface area (TPSA) is 54.6 Å². The molecule has 4 aromatic rings. The summed E-state index contributed by atoms with van der Waals surface area (Å²) in [6, 6.07) is 19.8. The molecule has 2 atom stereocenters. The van der Waals surface area contributed by atoms with Crippen LogP contribution in [0, 0.1) is 0 Å². The Labute approximate surface area is 190 Å². The van der Waals surface area contributed by atoms with E-state index in [-0.39, 0.29) is 17.9 Å². The number of hydrogen-bond donors (Lipinski definition) is 1. The van der Waals surface area contributed by atoms with Gasteiger partial charge >= 0.3 is 0 Å². The number of para-hydroxylation sites is 1. The van der Waals surface area contributed by atoms with E-state index in [4.69, 9.17) is 21.1 Å². The van der Waals surface area contributed by atoms with Gasteiger partial charge in [-0.05, 0) is 34.9 Å². The number of benzene rings is 3. The van der Waals surface area contributed by atoms with Crippen LogP contribution < -0.4 is 9.47 Å². The number of nitrogens with one attached hydrogen (secondary N) is 1. The third kappa shape index (κ3) is 2.49. The van der Waals surface area contributed by atoms with Crippen LogP contribution in [-0.2, 0) is 0 Å². The summed E-state index contributed by atoms with van der Waals surface area (Å²) in [4.78, 5) is 19.3. The normalized spacial score (nSPS) is 19.0. The maximum atomic E-state index is 13.7. The molecule has 2 aliphatic rings. The molecule has 1 aromatic heterocycles. The van der Waals surface area contributed by atoms with E-state index in [0.717, 1.165) is 27.7 Å². The standard InChI is InChI=1S/C26H21ClN2O3/c1-31-20-12-11-16-22(25(20)32-2)26(30)29-13-17(14-7-3-5-9-18(14)27)21-15-8-4-6-10-19(15)28-23(21)24(16)29/h3-12,17,24,28H,13H2,1-2H3/t17-,24-/m1/s1. The zero-order chi connectivity index (χ0) is 22.0. The Morgan fingerprint density at radius 1 is 0.969 bits per heavy atom. The summed E-state index contributed by atoms with van der Waals surface area (Å²) in [6.07, 6.45) is 0. The number of amides is 1. The van der Waals surface area contributed by atoms with E-state index < -0.39 is 0 Å². The molecule has 5 nitrogen and oxygen atoms in total. The van der Waals surface area contributed by atoms with E-state index in [9.17, 15) is 4.79 Å². The highest BCUT2D eigenvalue weighted by Crippen LogP contribution is 2.52. The number of rotatable bonds is 3. The van der Waals surface area contributed by atoms with E-state index in [1.54, 1.807) is 14.2 Å². The van der Waals surface area contributed by atoms with Gasteiger partial charge < -0.3 is 19.4 Å². The van der Waals surface area contributed by atoms with Crippen LogP contribution in [0.3, 0.4) is 0 Å². The van der Waals surface area contributed by atoms with Gasteiger partial charge in [-0.15, -0.1) is 0 Å². The van der Waals surface area contributed by atoms with Crippen molar-refractivity contribution >= 4 is 28.4 Å². The number of H-pyrrole nitrogens is 1. The molecule has 6 rings (SSSR count). The highest BCUT2D eigenvalue weighted by molar-refractivity contribution is 6.31. The maximum Gasteiger partial charge on any atom is 0.259 e. The molecule has 0 bridgehead atoms. The van der Waals surface area contributed by atoms with Crippen molar-refractivity contribution in [1.82, 2.24) is 9.88 Å². The predicted molar refractivity (Wildman–Crippen MR) is 124 cm³/mol. The molecule has 0 saturated heterocycles. The summed E-state index contributed by atoms with van der Waals surface area (Å²) in [5.41, 5.74) is 5.80. The first-order valence-electron chi connectivity index (χ1n) is 10.5. The molecular weight excluding hydrogens is 424 g/mol. The van der Waals surface area contributed by atoms with Gasteiger partial charge in [0, 0.05) is 34.1 Å². The molecule has 0 aliphatic carbocycles. The molecule has 3 heterocycles. The Morgan fingerprint density at radius 3 is 2.53 bits per heavy atom. The van der Waals surface area contributed by atoms with Gasteiger partial charge in [0.15, 0.2) is 11.5 Å². The van der Waals surface area contributed by atoms with Crippen LogP contribution in [-0.4, -0.2) is 36.6 Å². The number of carbonyl (C=O) groups excluding carboxylic acids is 1. The molecular formula is C26H21ClN2O3. The summed E-state index contributed by atoms with van der Waals surface area (Å²) in [6.45, 7) is 0.530. The summed E-state index contributed by atoms with van der Waals surface area (Å²) in [5, 5.41) is 1.86. The smallest absolute Gasteiger partial charge is 0.259 e. The van der Waals surface area contributed by atoms with Crippen LogP contribution >= 0.6 is 11.6 Å². The Bertz CT molecular complexity index is 1390. The van der Waals surface area contributed by atoms with Gasteiger partial charge in [-0.1, -0.05) is 54.1 Å². The molecule has 6 heteroatoms. The summed E-state index contributed by atoms with van der Waals surface area (Å²) < 4.78 is 11.1. The monoisotopic (exact) mass is 444 g/mol. The fourth-order valence-corrected chi connectivity index (χ4v) is 5.66. The number of aromatic nitrogens is 1. The minimum atomic E-state index is -0.210. The van der Waals surface area contributed by atoms with Crippen molar-refractivity contribution in [1.29, 1.82) is 0 Å². The Kier molecular flexibility index (Phi) is 4.24. The fraction of sp³-hybridized carbons (Fsp3) is 0.192. The fourth-order valence-electron chi connectivity index (χ4n) is 5.39. The van der Waals surface area contributed by atoms with Gasteiger partial charge in [0.05, 0.1) is 25.8 Å². The van der Waals surface area contributed by atoms with E-state index in [1.807, 2.05) is 47.4 Å². The van der Waals surface area contributed by atoms with E-state index in [0.29, 0.717) is 28.6 Å². The zero-order valence-corrected chi connectivity index (χ0v) is 18.4. The molecule has 0 unspecified atom stereocenters. The van der Waals surface area contributed by atoms with Gasteiger partial charge in [-0.2, -0.15) is 0 Å². The number of aromatic amines is 1. The van der Waals surface area contributed by atoms with Crippen LogP contribution in [0.25, 0.3) is 10.9 Å². The molecule has 0 saturated carbocycles. The molecule has 0 spiro atoms. The number of nitrogens with zero attached hydrogens (tertiary/aromatic N) is 1. The van der Waals surface area contributed by atoms with Gasteiger partial charge in [-0.25, -0.2) is 0 Å². The quantitative estimate of drug-likeness (QED) is 0.452. The van der Waals surface area contributed by atoms with Crippen molar-refractivity contribution < 1.29 is 14.3 Å². The minimum Gasteiger partial charge on any atom is -0.493 e. The van der Waals surface area contributed by atoms with Crippen LogP contribution in [0.4, 0.5) is 0 Å². The van der Waals surface area contributed by atoms with Crippen molar-refractivity contribution in [3.63, 3.8) is 0 Å². The number of halogens is 1. The van der Waals surface area contributed by atoms with Gasteiger partial charge in [0.1, 0.15) is 0 Å². The predicted octanol–water partition coefficient (Wildman–Crippen LogP) is 5.53. The molecule has 0 fully saturated rings. The molecule has 3 aromatic carbocycles. The second kappa shape index (κ2) is 7.04. The maximum absolute atomic E-state index is 13.7. The van der Waals surface area contributed by atoms with E-state index in [1.165, 1.54) is 5.56 Å². The van der Waals surface area contributed by atoms with Crippen molar-refractivity contribution in [2.24, 2.45) is 0 Å². The molecule has 1 amide bonds. The van der Waals surface area contributed by atoms with E-state index in [2.05, 4.69) is 23.2 Å². The molecule has 32 heavy (non-hydrogen) atoms. The SMILES string of the molecule is COc1ccc2c(c1OC)C(=O)N1C[C@H](c3ccccc3Cl)c3c([nH]c4ccccc34)[C@@H]21. The number of carbonyl (C=O) groups is 1.